The van der Waals surface area contributed by atoms with Crippen LogP contribution in [0.5, 0.6) is 5.75 Å². The fourth-order valence-corrected chi connectivity index (χ4v) is 1.29. The molecule has 3 nitrogen and oxygen atoms in total. The SMILES string of the molecule is CC(=O)Nc1cc(C(C)(C)C)ccc1O. The molecule has 0 aliphatic heterocycles. The van der Waals surface area contributed by atoms with E-state index in [2.05, 4.69) is 26.1 Å². The molecular formula is C12H17NO2. The highest BCUT2D eigenvalue weighted by molar-refractivity contribution is 5.90. The second-order valence-corrected chi connectivity index (χ2v) is 4.66. The fourth-order valence-electron chi connectivity index (χ4n) is 1.29. The van der Waals surface area contributed by atoms with Gasteiger partial charge in [0.1, 0.15) is 5.75 Å². The van der Waals surface area contributed by atoms with Gasteiger partial charge in [0.25, 0.3) is 0 Å². The molecule has 0 atom stereocenters. The van der Waals surface area contributed by atoms with Crippen LogP contribution in [0.3, 0.4) is 0 Å². The Balaban J connectivity index is 3.11. The fraction of sp³-hybridized carbons (Fsp3) is 0.417. The number of amides is 1. The minimum absolute atomic E-state index is 0.000912. The molecule has 0 unspecified atom stereocenters. The highest BCUT2D eigenvalue weighted by atomic mass is 16.3. The van der Waals surface area contributed by atoms with Crippen LogP contribution in [-0.2, 0) is 10.2 Å². The number of carbonyl (C=O) groups is 1. The van der Waals surface area contributed by atoms with Gasteiger partial charge in [-0.25, -0.2) is 0 Å². The standard InChI is InChI=1S/C12H17NO2/c1-8(14)13-10-7-9(12(2,3)4)5-6-11(10)15/h5-7,15H,1-4H3,(H,13,14). The zero-order chi connectivity index (χ0) is 11.6. The van der Waals surface area contributed by atoms with Crippen LogP contribution in [0, 0.1) is 0 Å². The smallest absolute Gasteiger partial charge is 0.221 e. The van der Waals surface area contributed by atoms with Gasteiger partial charge < -0.3 is 10.4 Å². The van der Waals surface area contributed by atoms with Gasteiger partial charge in [-0.3, -0.25) is 4.79 Å². The second-order valence-electron chi connectivity index (χ2n) is 4.66. The molecule has 0 aromatic heterocycles. The van der Waals surface area contributed by atoms with Crippen molar-refractivity contribution in [3.05, 3.63) is 23.8 Å². The van der Waals surface area contributed by atoms with Crippen LogP contribution < -0.4 is 5.32 Å². The number of anilines is 1. The predicted molar refractivity (Wildman–Crippen MR) is 61.1 cm³/mol. The van der Waals surface area contributed by atoms with Crippen molar-refractivity contribution in [3.63, 3.8) is 0 Å². The van der Waals surface area contributed by atoms with Crippen LogP contribution in [-0.4, -0.2) is 11.0 Å². The molecule has 0 radical (unpaired) electrons. The summed E-state index contributed by atoms with van der Waals surface area (Å²) in [7, 11) is 0. The third-order valence-electron chi connectivity index (χ3n) is 2.17. The molecule has 82 valence electrons. The molecule has 0 aliphatic carbocycles. The Morgan fingerprint density at radius 1 is 1.33 bits per heavy atom. The lowest BCUT2D eigenvalue weighted by Crippen LogP contribution is -2.12. The summed E-state index contributed by atoms with van der Waals surface area (Å²) in [6, 6.07) is 5.27. The maximum Gasteiger partial charge on any atom is 0.221 e. The summed E-state index contributed by atoms with van der Waals surface area (Å²) in [6.45, 7) is 7.66. The first-order valence-corrected chi connectivity index (χ1v) is 4.92. The maximum absolute atomic E-state index is 10.9. The van der Waals surface area contributed by atoms with E-state index in [1.54, 1.807) is 12.1 Å². The number of nitrogens with one attached hydrogen (secondary N) is 1. The minimum Gasteiger partial charge on any atom is -0.506 e. The van der Waals surface area contributed by atoms with Gasteiger partial charge in [-0.15, -0.1) is 0 Å². The number of carbonyl (C=O) groups excluding carboxylic acids is 1. The average Bonchev–Trinajstić information content (AvgIpc) is 2.06. The molecule has 0 fully saturated rings. The number of benzene rings is 1. The van der Waals surface area contributed by atoms with Crippen molar-refractivity contribution < 1.29 is 9.90 Å². The average molecular weight is 207 g/mol. The normalized spacial score (nSPS) is 11.2. The molecule has 0 spiro atoms. The Hall–Kier alpha value is -1.51. The van der Waals surface area contributed by atoms with Crippen molar-refractivity contribution in [1.29, 1.82) is 0 Å². The molecule has 1 aromatic rings. The van der Waals surface area contributed by atoms with Gasteiger partial charge in [-0.2, -0.15) is 0 Å². The van der Waals surface area contributed by atoms with Gasteiger partial charge in [0.05, 0.1) is 5.69 Å². The molecule has 0 aliphatic rings. The number of aromatic hydroxyl groups is 1. The van der Waals surface area contributed by atoms with E-state index in [0.29, 0.717) is 5.69 Å². The number of hydrogen-bond acceptors (Lipinski definition) is 2. The first-order valence-electron chi connectivity index (χ1n) is 4.92. The van der Waals surface area contributed by atoms with E-state index in [-0.39, 0.29) is 17.1 Å². The Kier molecular flexibility index (Phi) is 3.03. The third-order valence-corrected chi connectivity index (χ3v) is 2.17. The van der Waals surface area contributed by atoms with Crippen molar-refractivity contribution in [1.82, 2.24) is 0 Å². The highest BCUT2D eigenvalue weighted by Gasteiger charge is 2.15. The number of phenolic OH excluding ortho intramolecular Hbond substituents is 1. The quantitative estimate of drug-likeness (QED) is 0.695. The number of phenols is 1. The summed E-state index contributed by atoms with van der Waals surface area (Å²) >= 11 is 0. The van der Waals surface area contributed by atoms with E-state index in [4.69, 9.17) is 0 Å². The zero-order valence-electron chi connectivity index (χ0n) is 9.59. The Morgan fingerprint density at radius 3 is 2.40 bits per heavy atom. The lowest BCUT2D eigenvalue weighted by atomic mass is 9.87. The van der Waals surface area contributed by atoms with Crippen LogP contribution in [0.1, 0.15) is 33.3 Å². The van der Waals surface area contributed by atoms with E-state index < -0.39 is 0 Å². The van der Waals surface area contributed by atoms with Crippen molar-refractivity contribution in [2.24, 2.45) is 0 Å². The molecule has 1 amide bonds. The molecule has 15 heavy (non-hydrogen) atoms. The first kappa shape index (κ1) is 11.6. The minimum atomic E-state index is -0.184. The molecule has 3 heteroatoms. The Labute approximate surface area is 90.1 Å². The van der Waals surface area contributed by atoms with Crippen LogP contribution in [0.25, 0.3) is 0 Å². The monoisotopic (exact) mass is 207 g/mol. The largest absolute Gasteiger partial charge is 0.506 e. The number of rotatable bonds is 1. The molecule has 1 aromatic carbocycles. The van der Waals surface area contributed by atoms with E-state index in [0.717, 1.165) is 5.56 Å². The molecule has 1 rings (SSSR count). The van der Waals surface area contributed by atoms with Crippen molar-refractivity contribution in [3.8, 4) is 5.75 Å². The lowest BCUT2D eigenvalue weighted by molar-refractivity contribution is -0.114. The van der Waals surface area contributed by atoms with Crippen LogP contribution in [0.15, 0.2) is 18.2 Å². The van der Waals surface area contributed by atoms with Gasteiger partial charge in [0.15, 0.2) is 0 Å². The molecule has 0 bridgehead atoms. The van der Waals surface area contributed by atoms with Gasteiger partial charge in [-0.05, 0) is 23.1 Å². The zero-order valence-corrected chi connectivity index (χ0v) is 9.59. The molecule has 2 N–H and O–H groups in total. The highest BCUT2D eigenvalue weighted by Crippen LogP contribution is 2.30. The molecular weight excluding hydrogens is 190 g/mol. The van der Waals surface area contributed by atoms with Crippen molar-refractivity contribution >= 4 is 11.6 Å². The molecule has 0 heterocycles. The summed E-state index contributed by atoms with van der Waals surface area (Å²) in [6.07, 6.45) is 0. The topological polar surface area (TPSA) is 49.3 Å². The lowest BCUT2D eigenvalue weighted by Gasteiger charge is -2.20. The Morgan fingerprint density at radius 2 is 1.93 bits per heavy atom. The van der Waals surface area contributed by atoms with E-state index in [1.165, 1.54) is 6.92 Å². The summed E-state index contributed by atoms with van der Waals surface area (Å²) in [5.74, 6) is -0.0884. The first-order chi connectivity index (χ1) is 6.80. The van der Waals surface area contributed by atoms with Gasteiger partial charge in [-0.1, -0.05) is 26.8 Å². The van der Waals surface area contributed by atoms with Gasteiger partial charge in [0.2, 0.25) is 5.91 Å². The van der Waals surface area contributed by atoms with Gasteiger partial charge in [0, 0.05) is 6.92 Å². The van der Waals surface area contributed by atoms with Crippen molar-refractivity contribution in [2.75, 3.05) is 5.32 Å². The Bertz CT molecular complexity index is 378. The van der Waals surface area contributed by atoms with E-state index >= 15 is 0 Å². The third kappa shape index (κ3) is 2.98. The maximum atomic E-state index is 10.9. The number of hydrogen-bond donors (Lipinski definition) is 2. The van der Waals surface area contributed by atoms with Gasteiger partial charge >= 0.3 is 0 Å². The van der Waals surface area contributed by atoms with Crippen molar-refractivity contribution in [2.45, 2.75) is 33.1 Å². The summed E-state index contributed by atoms with van der Waals surface area (Å²) in [4.78, 5) is 10.9. The summed E-state index contributed by atoms with van der Waals surface area (Å²) in [5, 5.41) is 12.1. The molecule has 0 saturated heterocycles. The second kappa shape index (κ2) is 3.93. The summed E-state index contributed by atoms with van der Waals surface area (Å²) < 4.78 is 0. The van der Waals surface area contributed by atoms with Crippen LogP contribution in [0.2, 0.25) is 0 Å². The summed E-state index contributed by atoms with van der Waals surface area (Å²) in [5.41, 5.74) is 1.54. The van der Waals surface area contributed by atoms with Crippen LogP contribution in [0.4, 0.5) is 5.69 Å². The van der Waals surface area contributed by atoms with E-state index in [9.17, 15) is 9.90 Å². The van der Waals surface area contributed by atoms with E-state index in [1.807, 2.05) is 6.07 Å². The van der Waals surface area contributed by atoms with Crippen LogP contribution >= 0.6 is 0 Å². The molecule has 0 saturated carbocycles. The predicted octanol–water partition coefficient (Wildman–Crippen LogP) is 2.65.